The van der Waals surface area contributed by atoms with Crippen molar-refractivity contribution in [2.45, 2.75) is 20.4 Å². The highest BCUT2D eigenvalue weighted by Gasteiger charge is 2.13. The number of benzene rings is 2. The number of nitrogens with one attached hydrogen (secondary N) is 1. The van der Waals surface area contributed by atoms with E-state index in [0.29, 0.717) is 22.2 Å². The summed E-state index contributed by atoms with van der Waals surface area (Å²) in [5.41, 5.74) is 2.77. The lowest BCUT2D eigenvalue weighted by Crippen LogP contribution is -2.29. The Morgan fingerprint density at radius 1 is 1.12 bits per heavy atom. The number of carbonyl (C=O) groups excluding carboxylic acids is 1. The zero-order valence-corrected chi connectivity index (χ0v) is 15.2. The fourth-order valence-electron chi connectivity index (χ4n) is 2.66. The van der Waals surface area contributed by atoms with Gasteiger partial charge in [-0.3, -0.25) is 14.2 Å². The minimum absolute atomic E-state index is 0.127. The third kappa shape index (κ3) is 4.18. The Hall–Kier alpha value is -2.92. The highest BCUT2D eigenvalue weighted by molar-refractivity contribution is 6.30. The Bertz CT molecular complexity index is 1010. The molecule has 1 amide bonds. The monoisotopic (exact) mass is 367 g/mol. The molecule has 0 bridgehead atoms. The summed E-state index contributed by atoms with van der Waals surface area (Å²) in [6.07, 6.45) is 0. The molecule has 0 radical (unpaired) electrons. The number of halogens is 1. The van der Waals surface area contributed by atoms with Gasteiger partial charge in [0.05, 0.1) is 0 Å². The van der Waals surface area contributed by atoms with E-state index in [4.69, 9.17) is 11.6 Å². The SMILES string of the molecule is Cc1cccc(NC(=O)Cn2c(-c3ccc(Cl)cc3)nc(C)cc2=O)c1. The largest absolute Gasteiger partial charge is 0.325 e. The average Bonchev–Trinajstić information content (AvgIpc) is 2.58. The van der Waals surface area contributed by atoms with Gasteiger partial charge in [0.2, 0.25) is 5.91 Å². The predicted octanol–water partition coefficient (Wildman–Crippen LogP) is 3.82. The van der Waals surface area contributed by atoms with Crippen molar-refractivity contribution < 1.29 is 4.79 Å². The second kappa shape index (κ2) is 7.54. The summed E-state index contributed by atoms with van der Waals surface area (Å²) < 4.78 is 1.36. The van der Waals surface area contributed by atoms with Crippen molar-refractivity contribution >= 4 is 23.2 Å². The molecule has 132 valence electrons. The van der Waals surface area contributed by atoms with Crippen LogP contribution < -0.4 is 10.9 Å². The minimum atomic E-state index is -0.293. The third-order valence-corrected chi connectivity index (χ3v) is 4.09. The van der Waals surface area contributed by atoms with Crippen molar-refractivity contribution in [2.75, 3.05) is 5.32 Å². The molecule has 3 aromatic rings. The van der Waals surface area contributed by atoms with E-state index in [1.165, 1.54) is 10.6 Å². The van der Waals surface area contributed by atoms with Gasteiger partial charge in [-0.05, 0) is 55.8 Å². The highest BCUT2D eigenvalue weighted by atomic mass is 35.5. The first-order valence-corrected chi connectivity index (χ1v) is 8.51. The molecule has 0 aliphatic rings. The number of carbonyl (C=O) groups is 1. The Kier molecular flexibility index (Phi) is 5.19. The first kappa shape index (κ1) is 17.9. The van der Waals surface area contributed by atoms with Gasteiger partial charge in [0.25, 0.3) is 5.56 Å². The van der Waals surface area contributed by atoms with Gasteiger partial charge >= 0.3 is 0 Å². The number of aromatic nitrogens is 2. The van der Waals surface area contributed by atoms with E-state index in [0.717, 1.165) is 11.1 Å². The molecule has 0 atom stereocenters. The van der Waals surface area contributed by atoms with Gasteiger partial charge in [-0.2, -0.15) is 0 Å². The molecular weight excluding hydrogens is 350 g/mol. The van der Waals surface area contributed by atoms with Crippen molar-refractivity contribution in [3.05, 3.63) is 81.2 Å². The van der Waals surface area contributed by atoms with Crippen LogP contribution in [-0.2, 0) is 11.3 Å². The lowest BCUT2D eigenvalue weighted by molar-refractivity contribution is -0.116. The standard InChI is InChI=1S/C20H18ClN3O2/c1-13-4-3-5-17(10-13)23-18(25)12-24-19(26)11-14(2)22-20(24)15-6-8-16(21)9-7-15/h3-11H,12H2,1-2H3,(H,23,25). The molecule has 0 saturated heterocycles. The molecule has 0 aliphatic heterocycles. The fraction of sp³-hybridized carbons (Fsp3) is 0.150. The molecule has 5 nitrogen and oxygen atoms in total. The summed E-state index contributed by atoms with van der Waals surface area (Å²) in [5.74, 6) is 0.143. The molecule has 0 saturated carbocycles. The summed E-state index contributed by atoms with van der Waals surface area (Å²) in [6, 6.07) is 15.9. The molecule has 3 rings (SSSR count). The topological polar surface area (TPSA) is 64.0 Å². The van der Waals surface area contributed by atoms with Crippen molar-refractivity contribution in [3.8, 4) is 11.4 Å². The molecule has 0 aliphatic carbocycles. The van der Waals surface area contributed by atoms with Crippen LogP contribution in [0.3, 0.4) is 0 Å². The van der Waals surface area contributed by atoms with E-state index in [9.17, 15) is 9.59 Å². The zero-order chi connectivity index (χ0) is 18.7. The van der Waals surface area contributed by atoms with Gasteiger partial charge in [0, 0.05) is 28.0 Å². The van der Waals surface area contributed by atoms with E-state index in [1.807, 2.05) is 25.1 Å². The molecule has 1 N–H and O–H groups in total. The molecule has 0 fully saturated rings. The highest BCUT2D eigenvalue weighted by Crippen LogP contribution is 2.19. The smallest absolute Gasteiger partial charge is 0.254 e. The van der Waals surface area contributed by atoms with Gasteiger partial charge in [-0.25, -0.2) is 4.98 Å². The van der Waals surface area contributed by atoms with Gasteiger partial charge in [-0.15, -0.1) is 0 Å². The number of amides is 1. The molecule has 0 unspecified atom stereocenters. The minimum Gasteiger partial charge on any atom is -0.325 e. The first-order chi connectivity index (χ1) is 12.4. The molecule has 2 aromatic carbocycles. The van der Waals surface area contributed by atoms with Crippen molar-refractivity contribution in [1.82, 2.24) is 9.55 Å². The maximum absolute atomic E-state index is 12.5. The zero-order valence-electron chi connectivity index (χ0n) is 14.5. The first-order valence-electron chi connectivity index (χ1n) is 8.13. The number of hydrogen-bond acceptors (Lipinski definition) is 3. The number of aryl methyl sites for hydroxylation is 2. The number of anilines is 1. The van der Waals surface area contributed by atoms with Crippen LogP contribution in [0.4, 0.5) is 5.69 Å². The van der Waals surface area contributed by atoms with Gasteiger partial charge in [0.15, 0.2) is 0 Å². The molecule has 1 aromatic heterocycles. The normalized spacial score (nSPS) is 10.6. The molecule has 0 spiro atoms. The van der Waals surface area contributed by atoms with Crippen molar-refractivity contribution in [3.63, 3.8) is 0 Å². The third-order valence-electron chi connectivity index (χ3n) is 3.84. The molecule has 1 heterocycles. The molecule has 26 heavy (non-hydrogen) atoms. The predicted molar refractivity (Wildman–Crippen MR) is 103 cm³/mol. The summed E-state index contributed by atoms with van der Waals surface area (Å²) in [7, 11) is 0. The quantitative estimate of drug-likeness (QED) is 0.762. The van der Waals surface area contributed by atoms with Crippen molar-refractivity contribution in [1.29, 1.82) is 0 Å². The van der Waals surface area contributed by atoms with Crippen molar-refractivity contribution in [2.24, 2.45) is 0 Å². The summed E-state index contributed by atoms with van der Waals surface area (Å²) in [4.78, 5) is 29.4. The van der Waals surface area contributed by atoms with E-state index in [-0.39, 0.29) is 18.0 Å². The maximum atomic E-state index is 12.5. The van der Waals surface area contributed by atoms with E-state index < -0.39 is 0 Å². The lowest BCUT2D eigenvalue weighted by Gasteiger charge is -2.13. The van der Waals surface area contributed by atoms with Crippen LogP contribution in [-0.4, -0.2) is 15.5 Å². The Labute approximate surface area is 156 Å². The second-order valence-corrected chi connectivity index (χ2v) is 6.51. The maximum Gasteiger partial charge on any atom is 0.254 e. The number of nitrogens with zero attached hydrogens (tertiary/aromatic N) is 2. The van der Waals surface area contributed by atoms with E-state index >= 15 is 0 Å². The van der Waals surface area contributed by atoms with Crippen LogP contribution in [0.2, 0.25) is 5.02 Å². The Morgan fingerprint density at radius 2 is 1.85 bits per heavy atom. The Balaban J connectivity index is 1.93. The summed E-state index contributed by atoms with van der Waals surface area (Å²) >= 11 is 5.94. The lowest BCUT2D eigenvalue weighted by atomic mass is 10.2. The van der Waals surface area contributed by atoms with Gasteiger partial charge in [0.1, 0.15) is 12.4 Å². The van der Waals surface area contributed by atoms with Crippen LogP contribution in [0.15, 0.2) is 59.4 Å². The van der Waals surface area contributed by atoms with Crippen LogP contribution >= 0.6 is 11.6 Å². The Morgan fingerprint density at radius 3 is 2.54 bits per heavy atom. The summed E-state index contributed by atoms with van der Waals surface area (Å²) in [6.45, 7) is 3.57. The fourth-order valence-corrected chi connectivity index (χ4v) is 2.79. The van der Waals surface area contributed by atoms with Crippen LogP contribution in [0.5, 0.6) is 0 Å². The molecule has 6 heteroatoms. The van der Waals surface area contributed by atoms with Crippen LogP contribution in [0, 0.1) is 13.8 Å². The number of hydrogen-bond donors (Lipinski definition) is 1. The van der Waals surface area contributed by atoms with Crippen LogP contribution in [0.1, 0.15) is 11.3 Å². The molecular formula is C20H18ClN3O2. The van der Waals surface area contributed by atoms with E-state index in [2.05, 4.69) is 10.3 Å². The van der Waals surface area contributed by atoms with Gasteiger partial charge < -0.3 is 5.32 Å². The van der Waals surface area contributed by atoms with E-state index in [1.54, 1.807) is 37.3 Å². The average molecular weight is 368 g/mol. The number of rotatable bonds is 4. The summed E-state index contributed by atoms with van der Waals surface area (Å²) in [5, 5.41) is 3.40. The second-order valence-electron chi connectivity index (χ2n) is 6.07. The van der Waals surface area contributed by atoms with Gasteiger partial charge in [-0.1, -0.05) is 23.7 Å². The van der Waals surface area contributed by atoms with Crippen LogP contribution in [0.25, 0.3) is 11.4 Å².